The van der Waals surface area contributed by atoms with Gasteiger partial charge in [0.2, 0.25) is 10.0 Å². The summed E-state index contributed by atoms with van der Waals surface area (Å²) in [5.41, 5.74) is 0.478. The summed E-state index contributed by atoms with van der Waals surface area (Å²) in [5.74, 6) is 0.335. The van der Waals surface area contributed by atoms with Crippen molar-refractivity contribution in [3.05, 3.63) is 52.5 Å². The summed E-state index contributed by atoms with van der Waals surface area (Å²) in [6.45, 7) is 2.94. The van der Waals surface area contributed by atoms with E-state index in [2.05, 4.69) is 21.2 Å². The van der Waals surface area contributed by atoms with Crippen LogP contribution in [0.5, 0.6) is 5.75 Å². The summed E-state index contributed by atoms with van der Waals surface area (Å²) in [4.78, 5) is 0.399. The third-order valence-electron chi connectivity index (χ3n) is 8.48. The highest BCUT2D eigenvalue weighted by Crippen LogP contribution is 2.46. The van der Waals surface area contributed by atoms with Crippen LogP contribution in [0.1, 0.15) is 37.7 Å². The molecular weight excluding hydrogens is 636 g/mol. The molecule has 2 saturated heterocycles. The number of rotatable bonds is 11. The number of aliphatic hydroxyl groups is 2. The second kappa shape index (κ2) is 11.8. The van der Waals surface area contributed by atoms with Gasteiger partial charge in [0.15, 0.2) is 9.84 Å². The molecule has 0 bridgehead atoms. The lowest BCUT2D eigenvalue weighted by Crippen LogP contribution is -2.47. The first-order valence-corrected chi connectivity index (χ1v) is 17.5. The molecule has 2 heterocycles. The number of halogens is 1. The maximum absolute atomic E-state index is 13.2. The Labute approximate surface area is 250 Å². The maximum Gasteiger partial charge on any atom is 0.243 e. The number of piperidine rings is 1. The minimum atomic E-state index is -3.66. The van der Waals surface area contributed by atoms with Crippen molar-refractivity contribution in [2.24, 2.45) is 0 Å². The minimum Gasteiger partial charge on any atom is -0.491 e. The van der Waals surface area contributed by atoms with E-state index in [0.29, 0.717) is 56.0 Å². The van der Waals surface area contributed by atoms with Crippen LogP contribution in [0.25, 0.3) is 0 Å². The number of aliphatic hydroxyl groups excluding tert-OH is 2. The highest BCUT2D eigenvalue weighted by molar-refractivity contribution is 9.10. The van der Waals surface area contributed by atoms with Gasteiger partial charge < -0.3 is 25.0 Å². The largest absolute Gasteiger partial charge is 0.491 e. The molecule has 10 nitrogen and oxygen atoms in total. The Morgan fingerprint density at radius 2 is 1.83 bits per heavy atom. The van der Waals surface area contributed by atoms with Gasteiger partial charge in [0.25, 0.3) is 0 Å². The Kier molecular flexibility index (Phi) is 8.91. The molecule has 2 aliphatic heterocycles. The Balaban J connectivity index is 1.08. The molecule has 0 radical (unpaired) electrons. The van der Waals surface area contributed by atoms with E-state index in [-0.39, 0.29) is 29.7 Å². The number of nitrogens with zero attached hydrogens (tertiary/aromatic N) is 1. The van der Waals surface area contributed by atoms with Gasteiger partial charge in [-0.3, -0.25) is 0 Å². The molecule has 13 heteroatoms. The summed E-state index contributed by atoms with van der Waals surface area (Å²) in [7, 11) is -7.24. The summed E-state index contributed by atoms with van der Waals surface area (Å²) in [6, 6.07) is 11.2. The van der Waals surface area contributed by atoms with Crippen molar-refractivity contribution in [1.82, 2.24) is 9.62 Å². The SMILES string of the molecule is Cc1cc(S(=O)(=O)N2CCC3(CC2)C[C@@H](NCC(O)COc2cccc(S(=O)(=O)C4(CO)CC4)c2)CO3)ccc1Br. The van der Waals surface area contributed by atoms with Gasteiger partial charge in [-0.25, -0.2) is 16.8 Å². The molecule has 1 unspecified atom stereocenters. The standard InChI is InChI=1S/C28H37BrN2O8S2/c1-20-13-25(5-6-26(20)29)41(36,37)31-11-9-27(10-12-31)15-21(17-39-27)30-16-22(33)18-38-23-3-2-4-24(14-23)40(34,35)28(19-32)7-8-28/h2-6,13-14,21-22,30,32-33H,7-12,15-19H2,1H3/t21-,22?/m1/s1. The van der Waals surface area contributed by atoms with Crippen molar-refractivity contribution in [3.8, 4) is 5.75 Å². The summed E-state index contributed by atoms with van der Waals surface area (Å²) in [5, 5.41) is 23.4. The number of benzene rings is 2. The average Bonchev–Trinajstić information content (AvgIpc) is 3.69. The molecule has 1 saturated carbocycles. The van der Waals surface area contributed by atoms with Crippen LogP contribution in [0.4, 0.5) is 0 Å². The lowest BCUT2D eigenvalue weighted by atomic mass is 9.88. The maximum atomic E-state index is 13.2. The van der Waals surface area contributed by atoms with Gasteiger partial charge in [-0.1, -0.05) is 22.0 Å². The van der Waals surface area contributed by atoms with Gasteiger partial charge in [0.05, 0.1) is 33.4 Å². The van der Waals surface area contributed by atoms with Crippen molar-refractivity contribution in [1.29, 1.82) is 0 Å². The number of aryl methyl sites for hydroxylation is 1. The van der Waals surface area contributed by atoms with Crippen LogP contribution in [-0.4, -0.2) is 93.3 Å². The van der Waals surface area contributed by atoms with Crippen molar-refractivity contribution < 1.29 is 36.5 Å². The summed E-state index contributed by atoms with van der Waals surface area (Å²) < 4.78 is 65.2. The van der Waals surface area contributed by atoms with Crippen LogP contribution < -0.4 is 10.1 Å². The molecule has 5 rings (SSSR count). The first-order chi connectivity index (χ1) is 19.4. The molecule has 3 aliphatic rings. The average molecular weight is 674 g/mol. The minimum absolute atomic E-state index is 0.0172. The van der Waals surface area contributed by atoms with Crippen LogP contribution in [0, 0.1) is 6.92 Å². The first kappa shape index (κ1) is 30.9. The zero-order valence-corrected chi connectivity index (χ0v) is 26.2. The quantitative estimate of drug-likeness (QED) is 0.328. The molecule has 2 aromatic rings. The second-order valence-electron chi connectivity index (χ2n) is 11.4. The predicted octanol–water partition coefficient (Wildman–Crippen LogP) is 2.40. The van der Waals surface area contributed by atoms with E-state index in [9.17, 15) is 27.0 Å². The topological polar surface area (TPSA) is 142 Å². The number of sulfonamides is 1. The molecule has 0 aromatic heterocycles. The molecule has 0 amide bonds. The Hall–Kier alpha value is -1.58. The van der Waals surface area contributed by atoms with E-state index < -0.39 is 37.3 Å². The summed E-state index contributed by atoms with van der Waals surface area (Å²) in [6.07, 6.45) is 1.97. The number of nitrogens with one attached hydrogen (secondary N) is 1. The smallest absolute Gasteiger partial charge is 0.243 e. The van der Waals surface area contributed by atoms with E-state index >= 15 is 0 Å². The Morgan fingerprint density at radius 3 is 2.49 bits per heavy atom. The summed E-state index contributed by atoms with van der Waals surface area (Å²) >= 11 is 3.42. The van der Waals surface area contributed by atoms with E-state index in [1.807, 2.05) is 6.92 Å². The molecule has 1 spiro atoms. The first-order valence-electron chi connectivity index (χ1n) is 13.8. The highest BCUT2D eigenvalue weighted by Gasteiger charge is 2.54. The van der Waals surface area contributed by atoms with Crippen molar-refractivity contribution >= 4 is 35.8 Å². The van der Waals surface area contributed by atoms with Crippen molar-refractivity contribution in [3.63, 3.8) is 0 Å². The van der Waals surface area contributed by atoms with E-state index in [1.165, 1.54) is 16.4 Å². The third-order valence-corrected chi connectivity index (χ3v) is 13.8. The van der Waals surface area contributed by atoms with Gasteiger partial charge in [-0.15, -0.1) is 0 Å². The molecule has 2 aromatic carbocycles. The molecular formula is C28H37BrN2O8S2. The van der Waals surface area contributed by atoms with Crippen LogP contribution in [0.3, 0.4) is 0 Å². The zero-order valence-electron chi connectivity index (χ0n) is 23.0. The molecule has 41 heavy (non-hydrogen) atoms. The van der Waals surface area contributed by atoms with Gasteiger partial charge in [-0.05, 0) is 81.0 Å². The highest BCUT2D eigenvalue weighted by atomic mass is 79.9. The molecule has 3 fully saturated rings. The van der Waals surface area contributed by atoms with Crippen LogP contribution in [-0.2, 0) is 24.6 Å². The fourth-order valence-electron chi connectivity index (χ4n) is 5.57. The third kappa shape index (κ3) is 6.37. The van der Waals surface area contributed by atoms with Gasteiger partial charge in [-0.2, -0.15) is 4.31 Å². The monoisotopic (exact) mass is 672 g/mol. The number of sulfone groups is 1. The second-order valence-corrected chi connectivity index (χ2v) is 16.5. The number of ether oxygens (including phenoxy) is 2. The van der Waals surface area contributed by atoms with E-state index in [4.69, 9.17) is 9.47 Å². The van der Waals surface area contributed by atoms with Crippen LogP contribution >= 0.6 is 15.9 Å². The van der Waals surface area contributed by atoms with Crippen molar-refractivity contribution in [2.45, 2.75) is 71.3 Å². The normalized spacial score (nSPS) is 23.0. The molecule has 3 N–H and O–H groups in total. The molecule has 2 atom stereocenters. The van der Waals surface area contributed by atoms with Gasteiger partial charge >= 0.3 is 0 Å². The fraction of sp³-hybridized carbons (Fsp3) is 0.571. The lowest BCUT2D eigenvalue weighted by Gasteiger charge is -2.38. The van der Waals surface area contributed by atoms with Gasteiger partial charge in [0.1, 0.15) is 18.5 Å². The van der Waals surface area contributed by atoms with E-state index in [0.717, 1.165) is 16.5 Å². The van der Waals surface area contributed by atoms with Crippen LogP contribution in [0.15, 0.2) is 56.7 Å². The fourth-order valence-corrected chi connectivity index (χ4v) is 9.18. The molecule has 1 aliphatic carbocycles. The number of hydrogen-bond donors (Lipinski definition) is 3. The van der Waals surface area contributed by atoms with Crippen LogP contribution in [0.2, 0.25) is 0 Å². The lowest BCUT2D eigenvalue weighted by molar-refractivity contribution is -0.0312. The van der Waals surface area contributed by atoms with E-state index in [1.54, 1.807) is 30.3 Å². The number of hydrogen-bond acceptors (Lipinski definition) is 9. The predicted molar refractivity (Wildman–Crippen MR) is 156 cm³/mol. The molecule has 226 valence electrons. The Morgan fingerprint density at radius 1 is 1.10 bits per heavy atom. The van der Waals surface area contributed by atoms with Gasteiger partial charge in [0, 0.05) is 30.1 Å². The Bertz CT molecular complexity index is 1470. The zero-order chi connectivity index (χ0) is 29.5. The van der Waals surface area contributed by atoms with Crippen molar-refractivity contribution in [2.75, 3.05) is 39.5 Å².